The molecule has 2 aromatic heterocycles. The molecule has 4 heteroatoms. The molecular weight excluding hydrogens is 244 g/mol. The number of aromatic amines is 1. The molecule has 0 radical (unpaired) electrons. The van der Waals surface area contributed by atoms with Crippen molar-refractivity contribution < 1.29 is 4.79 Å². The average molecular weight is 249 g/mol. The lowest BCUT2D eigenvalue weighted by Crippen LogP contribution is -1.76. The van der Waals surface area contributed by atoms with Crippen LogP contribution in [-0.2, 0) is 4.79 Å². The van der Waals surface area contributed by atoms with E-state index < -0.39 is 0 Å². The Hall–Kier alpha value is -1.60. The van der Waals surface area contributed by atoms with Crippen molar-refractivity contribution in [2.75, 3.05) is 0 Å². The Labute approximate surface area is 88.7 Å². The van der Waals surface area contributed by atoms with Gasteiger partial charge in [0.25, 0.3) is 0 Å². The number of carbonyl (C=O) groups excluding carboxylic acids is 1. The number of nitrogens with one attached hydrogen (secondary N) is 1. The van der Waals surface area contributed by atoms with Crippen molar-refractivity contribution in [2.45, 2.75) is 0 Å². The predicted octanol–water partition coefficient (Wildman–Crippen LogP) is 1.88. The zero-order valence-corrected chi connectivity index (χ0v) is 8.63. The van der Waals surface area contributed by atoms with Gasteiger partial charge in [0.15, 0.2) is 6.29 Å². The lowest BCUT2D eigenvalue weighted by molar-refractivity contribution is -0.103. The van der Waals surface area contributed by atoms with Crippen LogP contribution in [0.5, 0.6) is 0 Å². The molecule has 0 amide bonds. The van der Waals surface area contributed by atoms with Crippen LogP contribution in [0.4, 0.5) is 0 Å². The number of pyridine rings is 1. The van der Waals surface area contributed by atoms with E-state index in [-0.39, 0.29) is 0 Å². The molecule has 2 heterocycles. The Bertz CT molecular complexity index is 548. The van der Waals surface area contributed by atoms with E-state index in [1.165, 1.54) is 0 Å². The quantitative estimate of drug-likeness (QED) is 0.572. The molecule has 0 atom stereocenters. The van der Waals surface area contributed by atoms with Gasteiger partial charge in [0, 0.05) is 22.3 Å². The van der Waals surface area contributed by atoms with E-state index in [0.717, 1.165) is 21.1 Å². The number of aromatic nitrogens is 2. The summed E-state index contributed by atoms with van der Waals surface area (Å²) in [6.45, 7) is 0. The molecular formula is C10H5BrN2O. The van der Waals surface area contributed by atoms with E-state index in [4.69, 9.17) is 0 Å². The van der Waals surface area contributed by atoms with Gasteiger partial charge in [0.1, 0.15) is 5.65 Å². The Morgan fingerprint density at radius 1 is 1.57 bits per heavy atom. The van der Waals surface area contributed by atoms with Crippen LogP contribution >= 0.6 is 15.9 Å². The van der Waals surface area contributed by atoms with Crippen LogP contribution in [-0.4, -0.2) is 16.3 Å². The van der Waals surface area contributed by atoms with Gasteiger partial charge < -0.3 is 4.98 Å². The van der Waals surface area contributed by atoms with E-state index >= 15 is 0 Å². The number of rotatable bonds is 0. The molecule has 0 spiro atoms. The Kier molecular flexibility index (Phi) is 2.33. The van der Waals surface area contributed by atoms with E-state index in [1.807, 2.05) is 6.07 Å². The van der Waals surface area contributed by atoms with Crippen LogP contribution in [0, 0.1) is 11.8 Å². The third kappa shape index (κ3) is 1.54. The van der Waals surface area contributed by atoms with Crippen LogP contribution in [0.2, 0.25) is 0 Å². The summed E-state index contributed by atoms with van der Waals surface area (Å²) in [7, 11) is 0. The minimum Gasteiger partial charge on any atom is -0.345 e. The van der Waals surface area contributed by atoms with Crippen molar-refractivity contribution in [1.29, 1.82) is 0 Å². The van der Waals surface area contributed by atoms with E-state index in [2.05, 4.69) is 37.7 Å². The van der Waals surface area contributed by atoms with Gasteiger partial charge >= 0.3 is 0 Å². The molecule has 0 saturated carbocycles. The summed E-state index contributed by atoms with van der Waals surface area (Å²) >= 11 is 3.33. The highest BCUT2D eigenvalue weighted by Gasteiger charge is 2.02. The molecule has 2 rings (SSSR count). The Balaban J connectivity index is 2.66. The standard InChI is InChI=1S/C10H5BrN2O/c11-8-4-9-7(2-1-3-14)5-12-10(9)13-6-8/h3-6H,(H,12,13). The maximum Gasteiger partial charge on any atom is 0.193 e. The summed E-state index contributed by atoms with van der Waals surface area (Å²) in [5.74, 6) is 5.10. The zero-order valence-electron chi connectivity index (χ0n) is 7.04. The fourth-order valence-corrected chi connectivity index (χ4v) is 1.52. The van der Waals surface area contributed by atoms with Crippen molar-refractivity contribution in [3.05, 3.63) is 28.5 Å². The number of fused-ring (bicyclic) bond motifs is 1. The van der Waals surface area contributed by atoms with Gasteiger partial charge in [0.05, 0.1) is 5.56 Å². The first kappa shape index (κ1) is 8.97. The van der Waals surface area contributed by atoms with Crippen molar-refractivity contribution in [3.63, 3.8) is 0 Å². The summed E-state index contributed by atoms with van der Waals surface area (Å²) in [5.41, 5.74) is 1.55. The summed E-state index contributed by atoms with van der Waals surface area (Å²) in [6.07, 6.45) is 4.01. The molecule has 0 unspecified atom stereocenters. The minimum atomic E-state index is 0.574. The fraction of sp³-hybridized carbons (Fsp3) is 0. The summed E-state index contributed by atoms with van der Waals surface area (Å²) in [6, 6.07) is 1.91. The van der Waals surface area contributed by atoms with Crippen LogP contribution < -0.4 is 0 Å². The van der Waals surface area contributed by atoms with Crippen LogP contribution in [0.3, 0.4) is 0 Å². The number of hydrogen-bond donors (Lipinski definition) is 1. The third-order valence-electron chi connectivity index (χ3n) is 1.76. The summed E-state index contributed by atoms with van der Waals surface area (Å²) in [5, 5.41) is 0.911. The van der Waals surface area contributed by atoms with Crippen molar-refractivity contribution >= 4 is 33.2 Å². The average Bonchev–Trinajstić information content (AvgIpc) is 2.57. The molecule has 0 aliphatic carbocycles. The number of nitrogens with zero attached hydrogens (tertiary/aromatic N) is 1. The van der Waals surface area contributed by atoms with Crippen LogP contribution in [0.15, 0.2) is 22.9 Å². The highest BCUT2D eigenvalue weighted by molar-refractivity contribution is 9.10. The third-order valence-corrected chi connectivity index (χ3v) is 2.20. The lowest BCUT2D eigenvalue weighted by atomic mass is 10.2. The van der Waals surface area contributed by atoms with Crippen LogP contribution in [0.1, 0.15) is 5.56 Å². The molecule has 2 aromatic rings. The first-order chi connectivity index (χ1) is 6.81. The van der Waals surface area contributed by atoms with Gasteiger partial charge in [-0.2, -0.15) is 0 Å². The maximum atomic E-state index is 10.1. The highest BCUT2D eigenvalue weighted by Crippen LogP contribution is 2.19. The van der Waals surface area contributed by atoms with Gasteiger partial charge in [-0.15, -0.1) is 0 Å². The second-order valence-electron chi connectivity index (χ2n) is 2.64. The minimum absolute atomic E-state index is 0.574. The van der Waals surface area contributed by atoms with Gasteiger partial charge in [-0.3, -0.25) is 4.79 Å². The van der Waals surface area contributed by atoms with Gasteiger partial charge in [-0.05, 0) is 27.9 Å². The Morgan fingerprint density at radius 3 is 3.21 bits per heavy atom. The fourth-order valence-electron chi connectivity index (χ4n) is 1.19. The molecule has 68 valence electrons. The smallest absolute Gasteiger partial charge is 0.193 e. The number of H-pyrrole nitrogens is 1. The second kappa shape index (κ2) is 3.64. The van der Waals surface area contributed by atoms with Crippen molar-refractivity contribution in [1.82, 2.24) is 9.97 Å². The van der Waals surface area contributed by atoms with Gasteiger partial charge in [0.2, 0.25) is 0 Å². The van der Waals surface area contributed by atoms with E-state index in [9.17, 15) is 4.79 Å². The number of halogens is 1. The molecule has 0 aliphatic heterocycles. The monoisotopic (exact) mass is 248 g/mol. The number of aldehydes is 1. The summed E-state index contributed by atoms with van der Waals surface area (Å²) < 4.78 is 0.888. The normalized spacial score (nSPS) is 9.50. The van der Waals surface area contributed by atoms with Gasteiger partial charge in [-0.1, -0.05) is 5.92 Å². The number of carbonyl (C=O) groups is 1. The van der Waals surface area contributed by atoms with Crippen molar-refractivity contribution in [3.8, 4) is 11.8 Å². The molecule has 0 aromatic carbocycles. The SMILES string of the molecule is O=CC#Cc1c[nH]c2ncc(Br)cc12. The molecule has 3 nitrogen and oxygen atoms in total. The van der Waals surface area contributed by atoms with E-state index in [0.29, 0.717) is 6.29 Å². The topological polar surface area (TPSA) is 45.8 Å². The number of hydrogen-bond acceptors (Lipinski definition) is 2. The van der Waals surface area contributed by atoms with Crippen LogP contribution in [0.25, 0.3) is 11.0 Å². The van der Waals surface area contributed by atoms with Crippen molar-refractivity contribution in [2.24, 2.45) is 0 Å². The molecule has 0 fully saturated rings. The molecule has 1 N–H and O–H groups in total. The van der Waals surface area contributed by atoms with E-state index in [1.54, 1.807) is 12.4 Å². The largest absolute Gasteiger partial charge is 0.345 e. The second-order valence-corrected chi connectivity index (χ2v) is 3.55. The molecule has 0 bridgehead atoms. The first-order valence-corrected chi connectivity index (χ1v) is 4.68. The molecule has 0 aliphatic rings. The highest BCUT2D eigenvalue weighted by atomic mass is 79.9. The summed E-state index contributed by atoms with van der Waals surface area (Å²) in [4.78, 5) is 17.2. The lowest BCUT2D eigenvalue weighted by Gasteiger charge is -1.90. The molecule has 14 heavy (non-hydrogen) atoms. The first-order valence-electron chi connectivity index (χ1n) is 3.89. The Morgan fingerprint density at radius 2 is 2.43 bits per heavy atom. The predicted molar refractivity (Wildman–Crippen MR) is 56.7 cm³/mol. The zero-order chi connectivity index (χ0) is 9.97. The van der Waals surface area contributed by atoms with Gasteiger partial charge in [-0.25, -0.2) is 4.98 Å². The molecule has 0 saturated heterocycles. The maximum absolute atomic E-state index is 10.1.